The van der Waals surface area contributed by atoms with Crippen molar-refractivity contribution >= 4 is 32.4 Å². The first-order valence-electron chi connectivity index (χ1n) is 5.07. The first kappa shape index (κ1) is 9.99. The summed E-state index contributed by atoms with van der Waals surface area (Å²) in [6, 6.07) is 0.803. The van der Waals surface area contributed by atoms with Crippen molar-refractivity contribution in [1.82, 2.24) is 15.1 Å². The summed E-state index contributed by atoms with van der Waals surface area (Å²) in [4.78, 5) is 4.71. The lowest BCUT2D eigenvalue weighted by Gasteiger charge is -2.20. The van der Waals surface area contributed by atoms with E-state index in [1.807, 2.05) is 0 Å². The van der Waals surface area contributed by atoms with Crippen LogP contribution in [0, 0.1) is 11.8 Å². The highest BCUT2D eigenvalue weighted by atomic mass is 79.9. The van der Waals surface area contributed by atoms with Crippen LogP contribution in [0.4, 0.5) is 5.13 Å². The van der Waals surface area contributed by atoms with E-state index in [0.29, 0.717) is 0 Å². The normalized spacial score (nSPS) is 33.6. The predicted octanol–water partition coefficient (Wildman–Crippen LogP) is 1.30. The zero-order valence-corrected chi connectivity index (χ0v) is 11.1. The van der Waals surface area contributed by atoms with Gasteiger partial charge in [0.2, 0.25) is 5.13 Å². The van der Waals surface area contributed by atoms with Crippen LogP contribution in [0.1, 0.15) is 0 Å². The maximum absolute atomic E-state index is 4.16. The molecule has 1 saturated heterocycles. The van der Waals surface area contributed by atoms with Gasteiger partial charge < -0.3 is 9.80 Å². The van der Waals surface area contributed by atoms with Gasteiger partial charge in [0.1, 0.15) is 0 Å². The monoisotopic (exact) mass is 288 g/mol. The molecule has 4 nitrogen and oxygen atoms in total. The summed E-state index contributed by atoms with van der Waals surface area (Å²) in [5.74, 6) is 1.70. The third-order valence-corrected chi connectivity index (χ3v) is 4.82. The molecule has 0 aromatic carbocycles. The second-order valence-corrected chi connectivity index (χ2v) is 6.76. The fourth-order valence-corrected chi connectivity index (χ4v) is 3.85. The van der Waals surface area contributed by atoms with Gasteiger partial charge in [-0.05, 0) is 41.9 Å². The predicted molar refractivity (Wildman–Crippen MR) is 64.3 cm³/mol. The quantitative estimate of drug-likeness (QED) is 0.821. The first-order chi connectivity index (χ1) is 7.16. The molecule has 2 aliphatic rings. The molecule has 1 aliphatic carbocycles. The topological polar surface area (TPSA) is 32.3 Å². The van der Waals surface area contributed by atoms with Gasteiger partial charge in [-0.1, -0.05) is 11.3 Å². The number of rotatable bonds is 2. The molecule has 1 aromatic rings. The molecular formula is C9H13BrN4S. The fourth-order valence-electron chi connectivity index (χ4n) is 2.74. The van der Waals surface area contributed by atoms with Crippen molar-refractivity contribution in [3.63, 3.8) is 0 Å². The van der Waals surface area contributed by atoms with Crippen molar-refractivity contribution in [2.75, 3.05) is 32.1 Å². The molecule has 1 saturated carbocycles. The SMILES string of the molecule is CN(C)C1C2CN(c3nnc(Br)s3)CC21. The van der Waals surface area contributed by atoms with Gasteiger partial charge in [0, 0.05) is 19.1 Å². The number of halogens is 1. The number of anilines is 1. The molecule has 2 heterocycles. The van der Waals surface area contributed by atoms with Crippen molar-refractivity contribution in [1.29, 1.82) is 0 Å². The molecule has 82 valence electrons. The lowest BCUT2D eigenvalue weighted by molar-refractivity contribution is 0.357. The van der Waals surface area contributed by atoms with E-state index in [4.69, 9.17) is 0 Å². The van der Waals surface area contributed by atoms with E-state index in [-0.39, 0.29) is 0 Å². The van der Waals surface area contributed by atoms with Crippen LogP contribution in [-0.4, -0.2) is 48.3 Å². The minimum atomic E-state index is 0.803. The minimum absolute atomic E-state index is 0.803. The zero-order chi connectivity index (χ0) is 10.6. The van der Waals surface area contributed by atoms with Gasteiger partial charge in [0.25, 0.3) is 0 Å². The highest BCUT2D eigenvalue weighted by Gasteiger charge is 2.57. The molecule has 15 heavy (non-hydrogen) atoms. The smallest absolute Gasteiger partial charge is 0.209 e. The van der Waals surface area contributed by atoms with Crippen molar-refractivity contribution < 1.29 is 0 Å². The molecule has 0 N–H and O–H groups in total. The van der Waals surface area contributed by atoms with Gasteiger partial charge in [-0.3, -0.25) is 0 Å². The van der Waals surface area contributed by atoms with E-state index in [2.05, 4.69) is 50.0 Å². The summed E-state index contributed by atoms with van der Waals surface area (Å²) in [5.41, 5.74) is 0. The van der Waals surface area contributed by atoms with E-state index in [9.17, 15) is 0 Å². The van der Waals surface area contributed by atoms with Crippen molar-refractivity contribution in [3.05, 3.63) is 3.92 Å². The van der Waals surface area contributed by atoms with E-state index in [0.717, 1.165) is 40.0 Å². The summed E-state index contributed by atoms with van der Waals surface area (Å²) < 4.78 is 0.877. The van der Waals surface area contributed by atoms with Gasteiger partial charge in [-0.2, -0.15) is 0 Å². The van der Waals surface area contributed by atoms with Crippen LogP contribution < -0.4 is 4.90 Å². The molecule has 2 unspecified atom stereocenters. The van der Waals surface area contributed by atoms with E-state index in [1.165, 1.54) is 0 Å². The lowest BCUT2D eigenvalue weighted by atomic mass is 10.4. The van der Waals surface area contributed by atoms with Gasteiger partial charge in [-0.15, -0.1) is 10.2 Å². The molecule has 1 aromatic heterocycles. The Kier molecular flexibility index (Phi) is 2.26. The summed E-state index contributed by atoms with van der Waals surface area (Å²) in [7, 11) is 4.35. The van der Waals surface area contributed by atoms with Crippen LogP contribution >= 0.6 is 27.3 Å². The van der Waals surface area contributed by atoms with Crippen LogP contribution in [0.5, 0.6) is 0 Å². The summed E-state index contributed by atoms with van der Waals surface area (Å²) in [5, 5.41) is 9.21. The van der Waals surface area contributed by atoms with Crippen molar-refractivity contribution in [2.24, 2.45) is 11.8 Å². The molecule has 0 radical (unpaired) electrons. The number of hydrogen-bond donors (Lipinski definition) is 0. The zero-order valence-electron chi connectivity index (χ0n) is 8.72. The van der Waals surface area contributed by atoms with Crippen LogP contribution in [0.3, 0.4) is 0 Å². The standard InChI is InChI=1S/C9H13BrN4S/c1-13(2)7-5-3-14(4-6(5)7)9-12-11-8(10)15-9/h5-7H,3-4H2,1-2H3. The second kappa shape index (κ2) is 3.40. The summed E-state index contributed by atoms with van der Waals surface area (Å²) >= 11 is 4.97. The van der Waals surface area contributed by atoms with Crippen LogP contribution in [0.25, 0.3) is 0 Å². The molecule has 0 amide bonds. The Labute approximate surface area is 101 Å². The van der Waals surface area contributed by atoms with Crippen LogP contribution in [-0.2, 0) is 0 Å². The number of hydrogen-bond acceptors (Lipinski definition) is 5. The van der Waals surface area contributed by atoms with Crippen LogP contribution in [0.15, 0.2) is 3.92 Å². The molecular weight excluding hydrogens is 276 g/mol. The molecule has 2 atom stereocenters. The average molecular weight is 289 g/mol. The van der Waals surface area contributed by atoms with Crippen molar-refractivity contribution in [3.8, 4) is 0 Å². The maximum atomic E-state index is 4.16. The number of fused-ring (bicyclic) bond motifs is 1. The second-order valence-electron chi connectivity index (χ2n) is 4.52. The Morgan fingerprint density at radius 3 is 2.47 bits per heavy atom. The molecule has 1 aliphatic heterocycles. The Morgan fingerprint density at radius 2 is 2.00 bits per heavy atom. The third kappa shape index (κ3) is 1.59. The first-order valence-corrected chi connectivity index (χ1v) is 6.68. The Hall–Kier alpha value is -0.200. The molecule has 0 spiro atoms. The Balaban J connectivity index is 1.67. The van der Waals surface area contributed by atoms with E-state index < -0.39 is 0 Å². The minimum Gasteiger partial charge on any atom is -0.346 e. The third-order valence-electron chi connectivity index (χ3n) is 3.41. The molecule has 2 fully saturated rings. The molecule has 3 rings (SSSR count). The average Bonchev–Trinajstić information content (AvgIpc) is 2.60. The van der Waals surface area contributed by atoms with Crippen LogP contribution in [0.2, 0.25) is 0 Å². The van der Waals surface area contributed by atoms with Gasteiger partial charge in [0.15, 0.2) is 3.92 Å². The van der Waals surface area contributed by atoms with Gasteiger partial charge in [0.05, 0.1) is 0 Å². The Bertz CT molecular complexity index is 368. The molecule has 0 bridgehead atoms. The molecule has 6 heteroatoms. The number of aromatic nitrogens is 2. The highest BCUT2D eigenvalue weighted by Crippen LogP contribution is 2.49. The van der Waals surface area contributed by atoms with E-state index in [1.54, 1.807) is 11.3 Å². The Morgan fingerprint density at radius 1 is 1.33 bits per heavy atom. The maximum Gasteiger partial charge on any atom is 0.209 e. The van der Waals surface area contributed by atoms with Gasteiger partial charge in [-0.25, -0.2) is 0 Å². The number of nitrogens with zero attached hydrogens (tertiary/aromatic N) is 4. The fraction of sp³-hybridized carbons (Fsp3) is 0.778. The van der Waals surface area contributed by atoms with E-state index >= 15 is 0 Å². The largest absolute Gasteiger partial charge is 0.346 e. The van der Waals surface area contributed by atoms with Gasteiger partial charge >= 0.3 is 0 Å². The summed E-state index contributed by atoms with van der Waals surface area (Å²) in [6.07, 6.45) is 0. The summed E-state index contributed by atoms with van der Waals surface area (Å²) in [6.45, 7) is 2.30. The van der Waals surface area contributed by atoms with Crippen molar-refractivity contribution in [2.45, 2.75) is 6.04 Å². The highest BCUT2D eigenvalue weighted by molar-refractivity contribution is 9.11. The number of piperidine rings is 1. The lowest BCUT2D eigenvalue weighted by Crippen LogP contribution is -2.30.